The quantitative estimate of drug-likeness (QED) is 0.0562. The molecule has 0 saturated carbocycles. The van der Waals surface area contributed by atoms with E-state index in [0.29, 0.717) is 79.9 Å². The van der Waals surface area contributed by atoms with Crippen molar-refractivity contribution in [1.82, 2.24) is 20.0 Å². The van der Waals surface area contributed by atoms with Gasteiger partial charge in [-0.25, -0.2) is 14.8 Å². The van der Waals surface area contributed by atoms with Gasteiger partial charge in [0.05, 0.1) is 48.8 Å². The molecule has 2 aliphatic rings. The number of imide groups is 1. The van der Waals surface area contributed by atoms with Crippen molar-refractivity contribution in [1.29, 1.82) is 0 Å². The van der Waals surface area contributed by atoms with E-state index in [1.807, 2.05) is 37.3 Å². The molecule has 2 aromatic heterocycles. The molecule has 2 fully saturated rings. The predicted octanol–water partition coefficient (Wildman–Crippen LogP) is 1.08. The van der Waals surface area contributed by atoms with Crippen LogP contribution in [-0.4, -0.2) is 106 Å². The van der Waals surface area contributed by atoms with Crippen molar-refractivity contribution in [2.24, 2.45) is 0 Å². The van der Waals surface area contributed by atoms with E-state index >= 15 is 0 Å². The Morgan fingerprint density at radius 3 is 2.39 bits per heavy atom. The summed E-state index contributed by atoms with van der Waals surface area (Å²) in [5.41, 5.74) is 8.65. The molecule has 59 heavy (non-hydrogen) atoms. The van der Waals surface area contributed by atoms with Crippen molar-refractivity contribution in [2.75, 3.05) is 48.0 Å². The van der Waals surface area contributed by atoms with E-state index < -0.39 is 34.3 Å². The number of ether oxygens (including phenoxy) is 2. The summed E-state index contributed by atoms with van der Waals surface area (Å²) in [6, 6.07) is 9.12. The van der Waals surface area contributed by atoms with Gasteiger partial charge in [-0.15, -0.1) is 17.7 Å². The van der Waals surface area contributed by atoms with E-state index in [2.05, 4.69) is 32.1 Å². The Bertz CT molecular complexity index is 2000. The van der Waals surface area contributed by atoms with Crippen LogP contribution < -0.4 is 50.2 Å². The Kier molecular flexibility index (Phi) is 21.1. The summed E-state index contributed by atoms with van der Waals surface area (Å²) in [5, 5.41) is 3.65. The second-order valence-electron chi connectivity index (χ2n) is 12.9. The molecule has 4 heterocycles. The Hall–Kier alpha value is -4.25. The number of anilines is 3. The SMILES string of the molecule is CC(CCC(=O)CCC(C)SSCCCC(=O)ON1C(=O)[CH-]CC1=O)Oc1ccc(-c2cnc(N)c(C(=O)Nc3cnccc3N3CCOCC3)n2)cc1.O=S(=O)=O.[Na+]. The fourth-order valence-electron chi connectivity index (χ4n) is 5.49. The van der Waals surface area contributed by atoms with Crippen LogP contribution in [0, 0.1) is 6.42 Å². The number of ketones is 1. The number of morpholine rings is 1. The Labute approximate surface area is 373 Å². The summed E-state index contributed by atoms with van der Waals surface area (Å²) in [6.07, 6.45) is 8.56. The normalized spacial score (nSPS) is 14.5. The number of nitrogen functional groups attached to an aromatic ring is 1. The van der Waals surface area contributed by atoms with Crippen LogP contribution in [0.3, 0.4) is 0 Å². The molecule has 0 spiro atoms. The summed E-state index contributed by atoms with van der Waals surface area (Å²) in [5.74, 6) is -0.748. The number of pyridine rings is 1. The van der Waals surface area contributed by atoms with Gasteiger partial charge in [-0.2, -0.15) is 0 Å². The first-order valence-corrected chi connectivity index (χ1v) is 21.6. The minimum Gasteiger partial charge on any atom is -0.491 e. The molecule has 22 heteroatoms. The molecule has 5 rings (SSSR count). The first kappa shape index (κ1) is 49.1. The van der Waals surface area contributed by atoms with E-state index in [0.717, 1.165) is 17.7 Å². The van der Waals surface area contributed by atoms with E-state index in [-0.39, 0.29) is 71.0 Å². The zero-order chi connectivity index (χ0) is 42.0. The topological polar surface area (TPSA) is 247 Å². The van der Waals surface area contributed by atoms with Gasteiger partial charge in [0.15, 0.2) is 11.5 Å². The summed E-state index contributed by atoms with van der Waals surface area (Å²) in [6.45, 7) is 6.58. The van der Waals surface area contributed by atoms with E-state index in [1.165, 1.54) is 12.6 Å². The third-order valence-electron chi connectivity index (χ3n) is 8.47. The maximum Gasteiger partial charge on any atom is 1.00 e. The van der Waals surface area contributed by atoms with E-state index in [1.54, 1.807) is 34.0 Å². The van der Waals surface area contributed by atoms with Gasteiger partial charge in [-0.3, -0.25) is 25.8 Å². The number of rotatable bonds is 19. The van der Waals surface area contributed by atoms with E-state index in [9.17, 15) is 24.0 Å². The number of hydrogen-bond acceptors (Lipinski definition) is 18. The van der Waals surface area contributed by atoms with Gasteiger partial charge in [0.1, 0.15) is 17.4 Å². The second-order valence-corrected chi connectivity index (χ2v) is 16.3. The number of amides is 3. The zero-order valence-electron chi connectivity index (χ0n) is 32.9. The average molecular weight is 882 g/mol. The number of hydroxylamine groups is 2. The van der Waals surface area contributed by atoms with Crippen LogP contribution in [0.15, 0.2) is 48.9 Å². The minimum absolute atomic E-state index is 0. The molecule has 2 aliphatic heterocycles. The number of Topliss-reactive ketones (excluding diaryl/α,β-unsaturated/α-hetero) is 1. The number of nitrogens with two attached hydrogens (primary N) is 1. The van der Waals surface area contributed by atoms with Gasteiger partial charge >= 0.3 is 46.1 Å². The van der Waals surface area contributed by atoms with Crippen molar-refractivity contribution in [3.05, 3.63) is 61.0 Å². The largest absolute Gasteiger partial charge is 1.00 e. The van der Waals surface area contributed by atoms with Crippen LogP contribution in [0.25, 0.3) is 11.3 Å². The Balaban J connectivity index is 0.00000178. The number of carbonyl (C=O) groups is 5. The fourth-order valence-corrected chi connectivity index (χ4v) is 7.93. The molecule has 3 amide bonds. The number of nitrogens with one attached hydrogen (secondary N) is 1. The third-order valence-corrected chi connectivity index (χ3v) is 11.5. The van der Waals surface area contributed by atoms with Crippen molar-refractivity contribution in [3.63, 3.8) is 0 Å². The monoisotopic (exact) mass is 881 g/mol. The molecule has 3 aromatic rings. The smallest absolute Gasteiger partial charge is 0.491 e. The molecular weight excluding hydrogens is 838 g/mol. The minimum atomic E-state index is -3.11. The van der Waals surface area contributed by atoms with Crippen LogP contribution in [0.2, 0.25) is 0 Å². The summed E-state index contributed by atoms with van der Waals surface area (Å²) >= 11 is 0. The Morgan fingerprint density at radius 2 is 1.71 bits per heavy atom. The molecule has 312 valence electrons. The standard InChI is InChI=1S/C37H44N7O8S2.Na.O3S/c1-24(5-9-27(45)10-6-25(2)54-53-21-3-4-34(48)52-44-32(46)13-14-33(44)47)51-28-11-7-26(8-12-28)29-23-40-36(38)35(41-29)37(49)42-30-22-39-16-15-31(30)43-17-19-50-20-18-43;;1-4(2)3/h7-8,11-13,15-16,22-25H,3-6,9-10,14,17-21H2,1-2H3,(H2,38,40)(H,42,49);;/q-1;+1;. The molecule has 18 nitrogen and oxygen atoms in total. The molecule has 3 N–H and O–H groups in total. The maximum atomic E-state index is 13.3. The molecule has 0 aliphatic carbocycles. The van der Waals surface area contributed by atoms with Gasteiger partial charge in [0, 0.05) is 55.1 Å². The first-order chi connectivity index (χ1) is 27.8. The van der Waals surface area contributed by atoms with Gasteiger partial charge in [-0.1, -0.05) is 34.9 Å². The molecule has 2 saturated heterocycles. The van der Waals surface area contributed by atoms with Crippen LogP contribution in [0.5, 0.6) is 5.75 Å². The summed E-state index contributed by atoms with van der Waals surface area (Å²) < 4.78 is 36.8. The fraction of sp³-hybridized carbons (Fsp3) is 0.432. The van der Waals surface area contributed by atoms with Gasteiger partial charge in [0.2, 0.25) is 5.91 Å². The van der Waals surface area contributed by atoms with Crippen molar-refractivity contribution >= 4 is 78.9 Å². The van der Waals surface area contributed by atoms with Crippen molar-refractivity contribution < 1.29 is 80.5 Å². The second kappa shape index (κ2) is 25.4. The molecule has 2 atom stereocenters. The zero-order valence-corrected chi connectivity index (χ0v) is 37.3. The number of hydrogen-bond donors (Lipinski definition) is 2. The summed E-state index contributed by atoms with van der Waals surface area (Å²) in [7, 11) is 0.160. The van der Waals surface area contributed by atoms with Crippen LogP contribution >= 0.6 is 21.6 Å². The molecule has 2 unspecified atom stereocenters. The molecular formula is C37H44N7NaO11S3. The van der Waals surface area contributed by atoms with Gasteiger partial charge in [-0.05, 0) is 56.5 Å². The first-order valence-electron chi connectivity index (χ1n) is 18.3. The molecule has 0 bridgehead atoms. The maximum absolute atomic E-state index is 13.3. The molecule has 1 aromatic carbocycles. The van der Waals surface area contributed by atoms with Crippen molar-refractivity contribution in [2.45, 2.75) is 70.1 Å². The van der Waals surface area contributed by atoms with Gasteiger partial charge in [0.25, 0.3) is 5.91 Å². The average Bonchev–Trinajstić information content (AvgIpc) is 3.52. The van der Waals surface area contributed by atoms with Crippen LogP contribution in [0.4, 0.5) is 17.2 Å². The van der Waals surface area contributed by atoms with Crippen LogP contribution in [0.1, 0.15) is 69.3 Å². The van der Waals surface area contributed by atoms with Crippen LogP contribution in [-0.2, 0) is 39.4 Å². The summed E-state index contributed by atoms with van der Waals surface area (Å²) in [4.78, 5) is 80.7. The Morgan fingerprint density at radius 1 is 1.02 bits per heavy atom. The van der Waals surface area contributed by atoms with E-state index in [4.69, 9.17) is 32.7 Å². The number of nitrogens with zero attached hydrogens (tertiary/aromatic N) is 5. The predicted molar refractivity (Wildman–Crippen MR) is 216 cm³/mol. The third kappa shape index (κ3) is 16.7. The van der Waals surface area contributed by atoms with Gasteiger partial charge < -0.3 is 35.1 Å². The molecule has 0 radical (unpaired) electrons. The number of carbonyl (C=O) groups excluding carboxylic acids is 5. The van der Waals surface area contributed by atoms with Crippen molar-refractivity contribution in [3.8, 4) is 17.0 Å². The number of benzene rings is 1. The number of aromatic nitrogens is 3.